The molecule has 0 unspecified atom stereocenters. The Hall–Kier alpha value is -2.23. The Morgan fingerprint density at radius 2 is 1.58 bits per heavy atom. The molecule has 7 nitrogen and oxygen atoms in total. The molecule has 2 heterocycles. The maximum Gasteiger partial charge on any atom is 0.243 e. The number of piperidine rings is 1. The summed E-state index contributed by atoms with van der Waals surface area (Å²) in [5, 5.41) is 3.03. The molecule has 2 aromatic rings. The predicted octanol–water partition coefficient (Wildman–Crippen LogP) is 4.14. The van der Waals surface area contributed by atoms with Crippen LogP contribution in [0.4, 0.5) is 5.69 Å². The smallest absolute Gasteiger partial charge is 0.243 e. The monoisotopic (exact) mass is 490 g/mol. The number of carbonyl (C=O) groups excluding carboxylic acids is 1. The summed E-state index contributed by atoms with van der Waals surface area (Å²) < 4.78 is 39.4. The average molecular weight is 491 g/mol. The first-order valence-corrected chi connectivity index (χ1v) is 13.7. The second-order valence-corrected chi connectivity index (χ2v) is 11.3. The molecule has 0 atom stereocenters. The number of aryl methyl sites for hydroxylation is 3. The van der Waals surface area contributed by atoms with Gasteiger partial charge in [0.2, 0.25) is 15.9 Å². The summed E-state index contributed by atoms with van der Waals surface area (Å²) in [6.45, 7) is 7.27. The Morgan fingerprint density at radius 3 is 2.15 bits per heavy atom. The number of fused-ring (bicyclic) bond motifs is 1. The third-order valence-corrected chi connectivity index (χ3v) is 9.13. The number of hydrogen-bond donors (Lipinski definition) is 1. The normalized spacial score (nSPS) is 17.1. The van der Waals surface area contributed by atoms with Gasteiger partial charge >= 0.3 is 0 Å². The van der Waals surface area contributed by atoms with Crippen LogP contribution in [0.2, 0.25) is 0 Å². The maximum absolute atomic E-state index is 13.3. The van der Waals surface area contributed by atoms with Crippen LogP contribution in [0.1, 0.15) is 29.5 Å². The van der Waals surface area contributed by atoms with Crippen LogP contribution in [-0.4, -0.2) is 51.2 Å². The first kappa shape index (κ1) is 23.9. The highest BCUT2D eigenvalue weighted by atomic mass is 32.2. The van der Waals surface area contributed by atoms with Gasteiger partial charge in [-0.3, -0.25) is 4.79 Å². The van der Waals surface area contributed by atoms with E-state index >= 15 is 0 Å². The van der Waals surface area contributed by atoms with E-state index in [2.05, 4.69) is 5.32 Å². The Morgan fingerprint density at radius 1 is 1.00 bits per heavy atom. The predicted molar refractivity (Wildman–Crippen MR) is 130 cm³/mol. The molecule has 9 heteroatoms. The molecule has 0 aliphatic carbocycles. The highest BCUT2D eigenvalue weighted by Gasteiger charge is 2.34. The molecule has 1 saturated heterocycles. The van der Waals surface area contributed by atoms with Crippen molar-refractivity contribution in [3.63, 3.8) is 0 Å². The van der Waals surface area contributed by atoms with Crippen molar-refractivity contribution in [2.75, 3.05) is 37.9 Å². The van der Waals surface area contributed by atoms with Gasteiger partial charge in [-0.2, -0.15) is 4.31 Å². The number of nitrogens with one attached hydrogen (secondary N) is 1. The van der Waals surface area contributed by atoms with Crippen LogP contribution in [0.5, 0.6) is 11.5 Å². The topological polar surface area (TPSA) is 84.9 Å². The molecule has 2 aliphatic heterocycles. The lowest BCUT2D eigenvalue weighted by atomic mass is 9.97. The molecular formula is C24H30N2O5S2. The number of anilines is 1. The fraction of sp³-hybridized carbons (Fsp3) is 0.458. The van der Waals surface area contributed by atoms with Crippen LogP contribution in [-0.2, 0) is 14.8 Å². The average Bonchev–Trinajstić information content (AvgIpc) is 2.77. The van der Waals surface area contributed by atoms with Crippen molar-refractivity contribution in [1.82, 2.24) is 4.31 Å². The van der Waals surface area contributed by atoms with Gasteiger partial charge in [0.25, 0.3) is 0 Å². The lowest BCUT2D eigenvalue weighted by Crippen LogP contribution is -2.41. The van der Waals surface area contributed by atoms with Crippen molar-refractivity contribution in [1.29, 1.82) is 0 Å². The van der Waals surface area contributed by atoms with Gasteiger partial charge in [0, 0.05) is 30.0 Å². The summed E-state index contributed by atoms with van der Waals surface area (Å²) in [6.07, 6.45) is 2.90. The molecule has 2 aromatic carbocycles. The number of thioether (sulfide) groups is 1. The molecule has 1 N–H and O–H groups in total. The van der Waals surface area contributed by atoms with Crippen LogP contribution < -0.4 is 14.8 Å². The second kappa shape index (κ2) is 9.56. The molecular weight excluding hydrogens is 460 g/mol. The van der Waals surface area contributed by atoms with E-state index in [0.717, 1.165) is 21.6 Å². The van der Waals surface area contributed by atoms with Crippen molar-refractivity contribution < 1.29 is 22.7 Å². The summed E-state index contributed by atoms with van der Waals surface area (Å²) in [6, 6.07) is 7.49. The molecule has 0 radical (unpaired) electrons. The van der Waals surface area contributed by atoms with E-state index in [9.17, 15) is 13.2 Å². The fourth-order valence-corrected chi connectivity index (χ4v) is 7.07. The summed E-state index contributed by atoms with van der Waals surface area (Å²) in [5.74, 6) is 0.962. The van der Waals surface area contributed by atoms with Crippen molar-refractivity contribution in [2.24, 2.45) is 5.92 Å². The molecule has 0 saturated carbocycles. The van der Waals surface area contributed by atoms with E-state index in [0.29, 0.717) is 61.2 Å². The third-order valence-electron chi connectivity index (χ3n) is 6.15. The number of amides is 1. The first-order chi connectivity index (χ1) is 15.7. The van der Waals surface area contributed by atoms with Gasteiger partial charge in [-0.15, -0.1) is 11.8 Å². The minimum atomic E-state index is -3.60. The standard InChI is InChI=1S/C24H30N2O5S2/c1-15-11-16(2)23(17(3)12-15)33(28,29)26-7-5-18(6-8-26)24(27)25-19-13-20-21(14-22(19)32-4)31-10-9-30-20/h11-14,18H,5-10H2,1-4H3,(H,25,27). The second-order valence-electron chi connectivity index (χ2n) is 8.59. The van der Waals surface area contributed by atoms with E-state index in [1.807, 2.05) is 45.2 Å². The summed E-state index contributed by atoms with van der Waals surface area (Å²) in [4.78, 5) is 14.3. The van der Waals surface area contributed by atoms with Crippen LogP contribution in [0.3, 0.4) is 0 Å². The molecule has 2 aliphatic rings. The molecule has 0 spiro atoms. The van der Waals surface area contributed by atoms with Crippen LogP contribution in [0, 0.1) is 26.7 Å². The van der Waals surface area contributed by atoms with Gasteiger partial charge in [0.15, 0.2) is 11.5 Å². The lowest BCUT2D eigenvalue weighted by Gasteiger charge is -2.31. The Bertz CT molecular complexity index is 1150. The van der Waals surface area contributed by atoms with Crippen molar-refractivity contribution in [3.8, 4) is 11.5 Å². The largest absolute Gasteiger partial charge is 0.486 e. The molecule has 1 fully saturated rings. The van der Waals surface area contributed by atoms with E-state index < -0.39 is 10.0 Å². The van der Waals surface area contributed by atoms with Crippen LogP contribution >= 0.6 is 11.8 Å². The quantitative estimate of drug-likeness (QED) is 0.634. The SMILES string of the molecule is CSc1cc2c(cc1NC(=O)C1CCN(S(=O)(=O)c3c(C)cc(C)cc3C)CC1)OCCO2. The van der Waals surface area contributed by atoms with E-state index in [1.165, 1.54) is 16.1 Å². The van der Waals surface area contributed by atoms with Gasteiger partial charge in [-0.1, -0.05) is 17.7 Å². The van der Waals surface area contributed by atoms with Gasteiger partial charge < -0.3 is 14.8 Å². The van der Waals surface area contributed by atoms with Gasteiger partial charge in [-0.05, 0) is 57.1 Å². The zero-order chi connectivity index (χ0) is 23.8. The molecule has 4 rings (SSSR count). The fourth-order valence-electron chi connectivity index (χ4n) is 4.63. The van der Waals surface area contributed by atoms with E-state index in [1.54, 1.807) is 6.07 Å². The Kier molecular flexibility index (Phi) is 6.93. The number of ether oxygens (including phenoxy) is 2. The third kappa shape index (κ3) is 4.85. The van der Waals surface area contributed by atoms with E-state index in [-0.39, 0.29) is 11.8 Å². The van der Waals surface area contributed by atoms with Crippen molar-refractivity contribution >= 4 is 33.4 Å². The minimum Gasteiger partial charge on any atom is -0.486 e. The summed E-state index contributed by atoms with van der Waals surface area (Å²) in [7, 11) is -3.60. The zero-order valence-electron chi connectivity index (χ0n) is 19.4. The molecule has 0 bridgehead atoms. The van der Waals surface area contributed by atoms with E-state index in [4.69, 9.17) is 9.47 Å². The number of benzene rings is 2. The molecule has 178 valence electrons. The number of rotatable bonds is 5. The highest BCUT2D eigenvalue weighted by Crippen LogP contribution is 2.39. The zero-order valence-corrected chi connectivity index (χ0v) is 21.1. The van der Waals surface area contributed by atoms with Gasteiger partial charge in [0.05, 0.1) is 10.6 Å². The summed E-state index contributed by atoms with van der Waals surface area (Å²) >= 11 is 1.52. The Labute approximate surface area is 199 Å². The number of carbonyl (C=O) groups is 1. The van der Waals surface area contributed by atoms with Crippen LogP contribution in [0.15, 0.2) is 34.1 Å². The van der Waals surface area contributed by atoms with Gasteiger partial charge in [-0.25, -0.2) is 8.42 Å². The maximum atomic E-state index is 13.3. The molecule has 33 heavy (non-hydrogen) atoms. The van der Waals surface area contributed by atoms with Gasteiger partial charge in [0.1, 0.15) is 13.2 Å². The highest BCUT2D eigenvalue weighted by molar-refractivity contribution is 7.98. The summed E-state index contributed by atoms with van der Waals surface area (Å²) in [5.41, 5.74) is 3.26. The number of hydrogen-bond acceptors (Lipinski definition) is 6. The van der Waals surface area contributed by atoms with Crippen molar-refractivity contribution in [3.05, 3.63) is 41.0 Å². The first-order valence-electron chi connectivity index (χ1n) is 11.1. The molecule has 1 amide bonds. The number of nitrogens with zero attached hydrogens (tertiary/aromatic N) is 1. The molecule has 0 aromatic heterocycles. The van der Waals surface area contributed by atoms with Crippen molar-refractivity contribution in [2.45, 2.75) is 43.4 Å². The minimum absolute atomic E-state index is 0.0956. The lowest BCUT2D eigenvalue weighted by molar-refractivity contribution is -0.120. The number of sulfonamides is 1. The Balaban J connectivity index is 1.45. The van der Waals surface area contributed by atoms with Crippen LogP contribution in [0.25, 0.3) is 0 Å².